The highest BCUT2D eigenvalue weighted by molar-refractivity contribution is 7.96. The summed E-state index contributed by atoms with van der Waals surface area (Å²) in [5.74, 6) is -0.0968. The molecule has 76 valence electrons. The van der Waals surface area contributed by atoms with Crippen molar-refractivity contribution in [3.8, 4) is 0 Å². The first kappa shape index (κ1) is 13.9. The van der Waals surface area contributed by atoms with Gasteiger partial charge in [-0.15, -0.1) is 0 Å². The zero-order chi connectivity index (χ0) is 11.1. The zero-order valence-electron chi connectivity index (χ0n) is 8.73. The molecule has 0 bridgehead atoms. The second-order valence-electron chi connectivity index (χ2n) is 3.28. The predicted molar refractivity (Wildman–Crippen MR) is 63.8 cm³/mol. The number of hydrogen-bond donors (Lipinski definition) is 2. The Morgan fingerprint density at radius 2 is 2.21 bits per heavy atom. The molecule has 3 nitrogen and oxygen atoms in total. The minimum atomic E-state index is -0.293. The molecule has 0 fully saturated rings. The molecule has 6 heteroatoms. The summed E-state index contributed by atoms with van der Waals surface area (Å²) in [6, 6.07) is 0. The number of rotatable bonds is 6. The highest BCUT2D eigenvalue weighted by atomic mass is 32.1. The van der Waals surface area contributed by atoms with Gasteiger partial charge >= 0.3 is 0 Å². The Bertz CT molecular complexity index is 183. The van der Waals surface area contributed by atoms with Crippen molar-refractivity contribution in [3.05, 3.63) is 0 Å². The normalized spacial score (nSPS) is 14.8. The molecule has 0 aromatic heterocycles. The topological polar surface area (TPSA) is 32.3 Å². The molecule has 0 aliphatic rings. The van der Waals surface area contributed by atoms with Crippen LogP contribution in [0.5, 0.6) is 0 Å². The maximum atomic E-state index is 11.1. The second kappa shape index (κ2) is 7.23. The number of nitrogens with zero attached hydrogens (tertiary/aromatic N) is 1. The highest BCUT2D eigenvalue weighted by Gasteiger charge is 2.20. The number of nitrogens with one attached hydrogen (secondary N) is 1. The second-order valence-corrected chi connectivity index (χ2v) is 3.66. The summed E-state index contributed by atoms with van der Waals surface area (Å²) in [4.78, 5) is 12.6. The summed E-state index contributed by atoms with van der Waals surface area (Å²) >= 11 is 3.76. The molecule has 0 aromatic rings. The van der Waals surface area contributed by atoms with Gasteiger partial charge in [-0.25, -0.2) is 0 Å². The quantitative estimate of drug-likeness (QED) is 0.495. The first-order valence-corrected chi connectivity index (χ1v) is 5.17. The van der Waals surface area contributed by atoms with Gasteiger partial charge in [-0.05, 0) is 31.7 Å². The Morgan fingerprint density at radius 1 is 1.64 bits per heavy atom. The van der Waals surface area contributed by atoms with E-state index in [0.717, 1.165) is 6.42 Å². The van der Waals surface area contributed by atoms with Crippen molar-refractivity contribution in [1.29, 1.82) is 0 Å². The molecule has 2 unspecified atom stereocenters. The van der Waals surface area contributed by atoms with Crippen molar-refractivity contribution in [3.63, 3.8) is 0 Å². The highest BCUT2D eigenvalue weighted by Crippen LogP contribution is 2.13. The molecule has 1 amide bonds. The predicted octanol–water partition coefficient (Wildman–Crippen LogP) is 0.552. The van der Waals surface area contributed by atoms with Crippen LogP contribution < -0.4 is 5.23 Å². The zero-order valence-corrected chi connectivity index (χ0v) is 9.63. The molecule has 4 radical (unpaired) electrons. The van der Waals surface area contributed by atoms with E-state index in [0.29, 0.717) is 13.1 Å². The SMILES string of the molecule is [B]NCCC(C)C([B])N(CC)C(=O)S. The Morgan fingerprint density at radius 3 is 2.57 bits per heavy atom. The fraction of sp³-hybridized carbons (Fsp3) is 0.875. The third kappa shape index (κ3) is 4.42. The number of carbonyl (C=O) groups is 1. The summed E-state index contributed by atoms with van der Waals surface area (Å²) in [5, 5.41) is 2.28. The van der Waals surface area contributed by atoms with Crippen molar-refractivity contribution >= 4 is 33.7 Å². The number of amides is 1. The molecular formula is C8H16B2N2OS. The van der Waals surface area contributed by atoms with Crippen LogP contribution >= 0.6 is 12.6 Å². The molecule has 0 saturated carbocycles. The lowest BCUT2D eigenvalue weighted by Crippen LogP contribution is -2.42. The van der Waals surface area contributed by atoms with E-state index in [1.807, 2.05) is 13.8 Å². The largest absolute Gasteiger partial charge is 0.366 e. The molecule has 0 saturated heterocycles. The van der Waals surface area contributed by atoms with E-state index in [4.69, 9.17) is 15.8 Å². The number of thiol groups is 1. The average Bonchev–Trinajstić information content (AvgIpc) is 2.14. The monoisotopic (exact) mass is 210 g/mol. The van der Waals surface area contributed by atoms with Gasteiger partial charge in [-0.1, -0.05) is 19.6 Å². The van der Waals surface area contributed by atoms with E-state index in [1.165, 1.54) is 4.90 Å². The van der Waals surface area contributed by atoms with Crippen LogP contribution in [0.25, 0.3) is 0 Å². The minimum Gasteiger partial charge on any atom is -0.366 e. The first-order chi connectivity index (χ1) is 6.54. The van der Waals surface area contributed by atoms with Crippen LogP contribution in [0.2, 0.25) is 0 Å². The van der Waals surface area contributed by atoms with Crippen LogP contribution in [0.4, 0.5) is 4.79 Å². The van der Waals surface area contributed by atoms with Crippen molar-refractivity contribution in [2.45, 2.75) is 26.2 Å². The average molecular weight is 210 g/mol. The van der Waals surface area contributed by atoms with Crippen LogP contribution in [-0.2, 0) is 0 Å². The van der Waals surface area contributed by atoms with Crippen molar-refractivity contribution in [2.75, 3.05) is 13.1 Å². The summed E-state index contributed by atoms with van der Waals surface area (Å²) in [6.45, 7) is 5.13. The molecule has 0 heterocycles. The van der Waals surface area contributed by atoms with Crippen molar-refractivity contribution in [2.24, 2.45) is 5.92 Å². The number of carbonyl (C=O) groups excluding carboxylic acids is 1. The lowest BCUT2D eigenvalue weighted by molar-refractivity contribution is 0.205. The Labute approximate surface area is 94.2 Å². The first-order valence-electron chi connectivity index (χ1n) is 4.73. The Kier molecular flexibility index (Phi) is 7.19. The molecule has 0 aliphatic carbocycles. The number of hydrogen-bond acceptors (Lipinski definition) is 2. The Balaban J connectivity index is 4.12. The van der Waals surface area contributed by atoms with Crippen LogP contribution in [0.1, 0.15) is 20.3 Å². The molecule has 0 spiro atoms. The maximum absolute atomic E-state index is 11.1. The molecule has 0 aromatic carbocycles. The van der Waals surface area contributed by atoms with Gasteiger partial charge in [0.05, 0.1) is 7.85 Å². The van der Waals surface area contributed by atoms with Crippen molar-refractivity contribution < 1.29 is 4.79 Å². The van der Waals surface area contributed by atoms with E-state index in [-0.39, 0.29) is 17.1 Å². The van der Waals surface area contributed by atoms with Crippen LogP contribution in [0, 0.1) is 5.92 Å². The smallest absolute Gasteiger partial charge is 0.278 e. The van der Waals surface area contributed by atoms with Gasteiger partial charge in [-0.2, -0.15) is 0 Å². The molecule has 0 rings (SSSR count). The van der Waals surface area contributed by atoms with Gasteiger partial charge in [0, 0.05) is 6.54 Å². The summed E-state index contributed by atoms with van der Waals surface area (Å²) in [6.07, 6.45) is 0.829. The van der Waals surface area contributed by atoms with E-state index >= 15 is 0 Å². The van der Waals surface area contributed by atoms with Gasteiger partial charge in [0.15, 0.2) is 7.98 Å². The van der Waals surface area contributed by atoms with E-state index in [1.54, 1.807) is 0 Å². The van der Waals surface area contributed by atoms with Crippen LogP contribution in [-0.4, -0.2) is 45.0 Å². The van der Waals surface area contributed by atoms with Crippen molar-refractivity contribution in [1.82, 2.24) is 10.1 Å². The third-order valence-corrected chi connectivity index (χ3v) is 2.53. The van der Waals surface area contributed by atoms with Crippen LogP contribution in [0.3, 0.4) is 0 Å². The minimum absolute atomic E-state index is 0.196. The summed E-state index contributed by atoms with van der Waals surface area (Å²) in [7, 11) is 11.1. The molecule has 0 aliphatic heterocycles. The summed E-state index contributed by atoms with van der Waals surface area (Å²) in [5.41, 5.74) is 0. The van der Waals surface area contributed by atoms with E-state index in [2.05, 4.69) is 17.9 Å². The van der Waals surface area contributed by atoms with Gasteiger partial charge in [-0.3, -0.25) is 4.79 Å². The lowest BCUT2D eigenvalue weighted by Gasteiger charge is -2.31. The fourth-order valence-corrected chi connectivity index (χ4v) is 1.54. The van der Waals surface area contributed by atoms with Gasteiger partial charge in [0.2, 0.25) is 0 Å². The molecule has 1 N–H and O–H groups in total. The molecular weight excluding hydrogens is 194 g/mol. The fourth-order valence-electron chi connectivity index (χ4n) is 1.26. The standard InChI is InChI=1S/C8H16B2N2OS/c1-3-12(8(13)14)7(9)6(2)4-5-11-10/h6-7,11H,3-5H2,1-2H3,(H,13,14). The summed E-state index contributed by atoms with van der Waals surface area (Å²) < 4.78 is 0. The van der Waals surface area contributed by atoms with Gasteiger partial charge < -0.3 is 10.1 Å². The van der Waals surface area contributed by atoms with E-state index < -0.39 is 0 Å². The van der Waals surface area contributed by atoms with Gasteiger partial charge in [0.25, 0.3) is 5.24 Å². The third-order valence-electron chi connectivity index (χ3n) is 2.27. The molecule has 14 heavy (non-hydrogen) atoms. The van der Waals surface area contributed by atoms with Gasteiger partial charge in [0.1, 0.15) is 0 Å². The van der Waals surface area contributed by atoms with E-state index in [9.17, 15) is 4.79 Å². The Hall–Kier alpha value is -0.0901. The molecule has 2 atom stereocenters. The lowest BCUT2D eigenvalue weighted by atomic mass is 9.81. The van der Waals surface area contributed by atoms with Crippen LogP contribution in [0.15, 0.2) is 0 Å². The maximum Gasteiger partial charge on any atom is 0.278 e.